The summed E-state index contributed by atoms with van der Waals surface area (Å²) in [6.07, 6.45) is 5.99. The Bertz CT molecular complexity index is 680. The molecule has 2 rings (SSSR count). The van der Waals surface area contributed by atoms with E-state index < -0.39 is 10.0 Å². The van der Waals surface area contributed by atoms with Crippen LogP contribution in [0.2, 0.25) is 0 Å². The molecular weight excluding hydrogens is 328 g/mol. The number of amides is 1. The van der Waals surface area contributed by atoms with Crippen molar-refractivity contribution in [2.45, 2.75) is 37.0 Å². The molecule has 0 aliphatic heterocycles. The number of ether oxygens (including phenoxy) is 1. The summed E-state index contributed by atoms with van der Waals surface area (Å²) in [5, 5.41) is 2.93. The minimum absolute atomic E-state index is 0.000293. The van der Waals surface area contributed by atoms with E-state index in [1.807, 2.05) is 0 Å². The van der Waals surface area contributed by atoms with Crippen molar-refractivity contribution in [3.8, 4) is 5.75 Å². The second-order valence-corrected chi connectivity index (χ2v) is 8.49. The number of carbonyl (C=O) groups is 1. The first kappa shape index (κ1) is 18.7. The Kier molecular flexibility index (Phi) is 6.23. The highest BCUT2D eigenvalue weighted by molar-refractivity contribution is 7.89. The van der Waals surface area contributed by atoms with Crippen LogP contribution in [0.5, 0.6) is 5.75 Å². The zero-order chi connectivity index (χ0) is 17.7. The van der Waals surface area contributed by atoms with Gasteiger partial charge >= 0.3 is 0 Å². The summed E-state index contributed by atoms with van der Waals surface area (Å²) in [6.45, 7) is 0.640. The van der Waals surface area contributed by atoms with Crippen molar-refractivity contribution in [2.75, 3.05) is 27.7 Å². The summed E-state index contributed by atoms with van der Waals surface area (Å²) in [5.41, 5.74) is 0.326. The van der Waals surface area contributed by atoms with Gasteiger partial charge in [-0.1, -0.05) is 19.3 Å². The fourth-order valence-corrected chi connectivity index (χ4v) is 4.02. The third-order valence-electron chi connectivity index (χ3n) is 4.46. The van der Waals surface area contributed by atoms with E-state index in [2.05, 4.69) is 5.32 Å². The van der Waals surface area contributed by atoms with Crippen molar-refractivity contribution < 1.29 is 17.9 Å². The minimum atomic E-state index is -3.68. The zero-order valence-electron chi connectivity index (χ0n) is 14.5. The Hall–Kier alpha value is -1.60. The van der Waals surface area contributed by atoms with Gasteiger partial charge in [0, 0.05) is 26.2 Å². The van der Waals surface area contributed by atoms with Crippen LogP contribution < -0.4 is 10.1 Å². The van der Waals surface area contributed by atoms with Gasteiger partial charge in [-0.05, 0) is 37.0 Å². The van der Waals surface area contributed by atoms with Crippen molar-refractivity contribution in [1.82, 2.24) is 9.62 Å². The van der Waals surface area contributed by atoms with Crippen LogP contribution in [0.25, 0.3) is 0 Å². The predicted octanol–water partition coefficient (Wildman–Crippen LogP) is 2.26. The quantitative estimate of drug-likeness (QED) is 0.850. The van der Waals surface area contributed by atoms with Crippen LogP contribution in [0.4, 0.5) is 0 Å². The van der Waals surface area contributed by atoms with Gasteiger partial charge in [0.2, 0.25) is 10.0 Å². The number of sulfonamides is 1. The van der Waals surface area contributed by atoms with Gasteiger partial charge in [0.05, 0.1) is 7.11 Å². The second kappa shape index (κ2) is 7.98. The first-order valence-corrected chi connectivity index (χ1v) is 9.69. The van der Waals surface area contributed by atoms with Crippen LogP contribution in [-0.2, 0) is 10.0 Å². The molecule has 1 saturated carbocycles. The smallest absolute Gasteiger partial charge is 0.251 e. The second-order valence-electron chi connectivity index (χ2n) is 6.37. The molecule has 1 aliphatic rings. The maximum atomic E-state index is 12.4. The molecule has 0 heterocycles. The average Bonchev–Trinajstić information content (AvgIpc) is 2.59. The third kappa shape index (κ3) is 4.27. The highest BCUT2D eigenvalue weighted by Crippen LogP contribution is 2.27. The molecule has 7 heteroatoms. The Labute approximate surface area is 144 Å². The fourth-order valence-electron chi connectivity index (χ4n) is 2.95. The largest absolute Gasteiger partial charge is 0.495 e. The van der Waals surface area contributed by atoms with E-state index in [9.17, 15) is 13.2 Å². The van der Waals surface area contributed by atoms with Gasteiger partial charge in [0.15, 0.2) is 0 Å². The Morgan fingerprint density at radius 2 is 1.92 bits per heavy atom. The van der Waals surface area contributed by atoms with Crippen molar-refractivity contribution in [3.63, 3.8) is 0 Å². The first-order valence-electron chi connectivity index (χ1n) is 8.25. The molecule has 1 aromatic carbocycles. The molecule has 0 bridgehead atoms. The summed E-state index contributed by atoms with van der Waals surface area (Å²) in [5.74, 6) is 0.497. The maximum Gasteiger partial charge on any atom is 0.251 e. The summed E-state index contributed by atoms with van der Waals surface area (Å²) in [6, 6.07) is 4.49. The highest BCUT2D eigenvalue weighted by atomic mass is 32.2. The Morgan fingerprint density at radius 3 is 2.50 bits per heavy atom. The van der Waals surface area contributed by atoms with Crippen molar-refractivity contribution in [2.24, 2.45) is 5.92 Å². The molecule has 0 unspecified atom stereocenters. The van der Waals surface area contributed by atoms with Crippen LogP contribution in [0.1, 0.15) is 42.5 Å². The van der Waals surface area contributed by atoms with E-state index in [1.165, 1.54) is 52.6 Å². The number of rotatable bonds is 6. The van der Waals surface area contributed by atoms with Crippen LogP contribution in [0, 0.1) is 5.92 Å². The molecule has 134 valence electrons. The Morgan fingerprint density at radius 1 is 1.25 bits per heavy atom. The fraction of sp³-hybridized carbons (Fsp3) is 0.588. The van der Waals surface area contributed by atoms with Crippen LogP contribution in [0.15, 0.2) is 23.1 Å². The topological polar surface area (TPSA) is 75.7 Å². The summed E-state index contributed by atoms with van der Waals surface area (Å²) >= 11 is 0. The Balaban J connectivity index is 2.16. The normalized spacial score (nSPS) is 16.2. The number of nitrogens with zero attached hydrogens (tertiary/aromatic N) is 1. The van der Waals surface area contributed by atoms with Gasteiger partial charge in [-0.2, -0.15) is 0 Å². The number of benzene rings is 1. The molecule has 1 fully saturated rings. The zero-order valence-corrected chi connectivity index (χ0v) is 15.4. The van der Waals surface area contributed by atoms with E-state index in [4.69, 9.17) is 4.74 Å². The lowest BCUT2D eigenvalue weighted by atomic mass is 9.89. The van der Waals surface area contributed by atoms with Gasteiger partial charge in [0.25, 0.3) is 5.91 Å². The lowest BCUT2D eigenvalue weighted by Gasteiger charge is -2.22. The van der Waals surface area contributed by atoms with Gasteiger partial charge in [-0.25, -0.2) is 12.7 Å². The van der Waals surface area contributed by atoms with E-state index in [0.717, 1.165) is 17.1 Å². The predicted molar refractivity (Wildman–Crippen MR) is 92.8 cm³/mol. The van der Waals surface area contributed by atoms with E-state index in [1.54, 1.807) is 6.07 Å². The molecular formula is C17H26N2O4S. The lowest BCUT2D eigenvalue weighted by molar-refractivity contribution is 0.0943. The molecule has 0 saturated heterocycles. The van der Waals surface area contributed by atoms with Gasteiger partial charge in [0.1, 0.15) is 10.6 Å². The van der Waals surface area contributed by atoms with Crippen molar-refractivity contribution in [3.05, 3.63) is 23.8 Å². The van der Waals surface area contributed by atoms with Crippen LogP contribution >= 0.6 is 0 Å². The molecule has 1 amide bonds. The van der Waals surface area contributed by atoms with Gasteiger partial charge < -0.3 is 10.1 Å². The lowest BCUT2D eigenvalue weighted by Crippen LogP contribution is -2.30. The van der Waals surface area contributed by atoms with Crippen LogP contribution in [0.3, 0.4) is 0 Å². The van der Waals surface area contributed by atoms with Crippen molar-refractivity contribution >= 4 is 15.9 Å². The monoisotopic (exact) mass is 354 g/mol. The molecule has 0 aromatic heterocycles. The molecule has 0 radical (unpaired) electrons. The standard InChI is InChI=1S/C17H26N2O4S/c1-19(2)24(21,22)16-11-14(9-10-15(16)23-3)17(20)18-12-13-7-5-4-6-8-13/h9-11,13H,4-8,12H2,1-3H3,(H,18,20). The van der Waals surface area contributed by atoms with E-state index >= 15 is 0 Å². The summed E-state index contributed by atoms with van der Waals surface area (Å²) in [7, 11) is 0.625. The number of hydrogen-bond donors (Lipinski definition) is 1. The number of nitrogens with one attached hydrogen (secondary N) is 1. The van der Waals surface area contributed by atoms with E-state index in [0.29, 0.717) is 18.0 Å². The van der Waals surface area contributed by atoms with Gasteiger partial charge in [-0.3, -0.25) is 4.79 Å². The first-order chi connectivity index (χ1) is 11.4. The van der Waals surface area contributed by atoms with Crippen LogP contribution in [-0.4, -0.2) is 46.4 Å². The minimum Gasteiger partial charge on any atom is -0.495 e. The molecule has 6 nitrogen and oxygen atoms in total. The molecule has 1 aliphatic carbocycles. The maximum absolute atomic E-state index is 12.4. The summed E-state index contributed by atoms with van der Waals surface area (Å²) in [4.78, 5) is 12.4. The highest BCUT2D eigenvalue weighted by Gasteiger charge is 2.24. The summed E-state index contributed by atoms with van der Waals surface area (Å²) < 4.78 is 31.1. The molecule has 0 spiro atoms. The number of hydrogen-bond acceptors (Lipinski definition) is 4. The van der Waals surface area contributed by atoms with E-state index in [-0.39, 0.29) is 16.6 Å². The molecule has 1 aromatic rings. The SMILES string of the molecule is COc1ccc(C(=O)NCC2CCCCC2)cc1S(=O)(=O)N(C)C. The van der Waals surface area contributed by atoms with Gasteiger partial charge in [-0.15, -0.1) is 0 Å². The average molecular weight is 354 g/mol. The van der Waals surface area contributed by atoms with Crippen molar-refractivity contribution in [1.29, 1.82) is 0 Å². The third-order valence-corrected chi connectivity index (χ3v) is 6.30. The number of methoxy groups -OCH3 is 1. The number of carbonyl (C=O) groups excluding carboxylic acids is 1. The molecule has 0 atom stereocenters. The molecule has 1 N–H and O–H groups in total. The molecule has 24 heavy (non-hydrogen) atoms.